The topological polar surface area (TPSA) is 29.9 Å². The number of hydrogen-bond acceptors (Lipinski definition) is 2. The van der Waals surface area contributed by atoms with E-state index in [1.165, 1.54) is 5.56 Å². The van der Waals surface area contributed by atoms with Gasteiger partial charge in [-0.05, 0) is 31.7 Å². The van der Waals surface area contributed by atoms with Crippen LogP contribution in [0.5, 0.6) is 0 Å². The molecule has 1 unspecified atom stereocenters. The van der Waals surface area contributed by atoms with Crippen LogP contribution in [0.15, 0.2) is 30.5 Å². The van der Waals surface area contributed by atoms with Gasteiger partial charge in [0.05, 0.1) is 12.2 Å². The molecule has 4 heteroatoms. The molecule has 0 fully saturated rings. The fraction of sp³-hybridized carbons (Fsp3) is 0.308. The summed E-state index contributed by atoms with van der Waals surface area (Å²) >= 11 is 6.03. The minimum Gasteiger partial charge on any atom is -0.309 e. The number of nitrogens with zero attached hydrogens (tertiary/aromatic N) is 2. The fourth-order valence-corrected chi connectivity index (χ4v) is 2.19. The lowest BCUT2D eigenvalue weighted by Crippen LogP contribution is -2.18. The highest BCUT2D eigenvalue weighted by atomic mass is 35.5. The molecular formula is C13H16ClN3. The fourth-order valence-electron chi connectivity index (χ4n) is 1.99. The van der Waals surface area contributed by atoms with E-state index in [0.717, 1.165) is 16.3 Å². The standard InChI is InChI=1S/C13H16ClN3/c1-9-12(8-16-17(9)3)13(15-2)10-5-4-6-11(14)7-10/h4-8,13,15H,1-3H3. The quantitative estimate of drug-likeness (QED) is 0.907. The van der Waals surface area contributed by atoms with E-state index >= 15 is 0 Å². The highest BCUT2D eigenvalue weighted by molar-refractivity contribution is 6.30. The summed E-state index contributed by atoms with van der Waals surface area (Å²) in [7, 11) is 3.89. The molecule has 0 aliphatic heterocycles. The van der Waals surface area contributed by atoms with Gasteiger partial charge in [0.2, 0.25) is 0 Å². The summed E-state index contributed by atoms with van der Waals surface area (Å²) in [4.78, 5) is 0. The Kier molecular flexibility index (Phi) is 3.50. The molecule has 90 valence electrons. The molecule has 2 rings (SSSR count). The number of aromatic nitrogens is 2. The van der Waals surface area contributed by atoms with Crippen molar-refractivity contribution in [2.45, 2.75) is 13.0 Å². The zero-order chi connectivity index (χ0) is 12.4. The second kappa shape index (κ2) is 4.90. The number of nitrogens with one attached hydrogen (secondary N) is 1. The van der Waals surface area contributed by atoms with Crippen molar-refractivity contribution in [3.63, 3.8) is 0 Å². The maximum Gasteiger partial charge on any atom is 0.0608 e. The van der Waals surface area contributed by atoms with Gasteiger partial charge in [-0.15, -0.1) is 0 Å². The molecule has 1 aromatic heterocycles. The summed E-state index contributed by atoms with van der Waals surface area (Å²) in [6.07, 6.45) is 1.90. The van der Waals surface area contributed by atoms with Crippen molar-refractivity contribution < 1.29 is 0 Å². The van der Waals surface area contributed by atoms with Crippen molar-refractivity contribution in [3.8, 4) is 0 Å². The highest BCUT2D eigenvalue weighted by Gasteiger charge is 2.16. The number of rotatable bonds is 3. The Hall–Kier alpha value is -1.32. The third kappa shape index (κ3) is 2.35. The van der Waals surface area contributed by atoms with E-state index in [1.54, 1.807) is 0 Å². The van der Waals surface area contributed by atoms with E-state index in [-0.39, 0.29) is 6.04 Å². The molecule has 1 aromatic carbocycles. The van der Waals surface area contributed by atoms with E-state index in [4.69, 9.17) is 11.6 Å². The molecule has 0 aliphatic rings. The van der Waals surface area contributed by atoms with Crippen molar-refractivity contribution in [1.82, 2.24) is 15.1 Å². The van der Waals surface area contributed by atoms with Crippen LogP contribution in [0.1, 0.15) is 22.9 Å². The average molecular weight is 250 g/mol. The van der Waals surface area contributed by atoms with Gasteiger partial charge in [0, 0.05) is 23.3 Å². The lowest BCUT2D eigenvalue weighted by atomic mass is 10.00. The molecule has 17 heavy (non-hydrogen) atoms. The Morgan fingerprint density at radius 1 is 1.41 bits per heavy atom. The second-order valence-corrected chi connectivity index (χ2v) is 4.52. The smallest absolute Gasteiger partial charge is 0.0608 e. The van der Waals surface area contributed by atoms with Crippen molar-refractivity contribution in [2.75, 3.05) is 7.05 Å². The Bertz CT molecular complexity index is 519. The maximum absolute atomic E-state index is 6.03. The van der Waals surface area contributed by atoms with Crippen LogP contribution in [0.4, 0.5) is 0 Å². The van der Waals surface area contributed by atoms with Gasteiger partial charge in [-0.2, -0.15) is 5.10 Å². The van der Waals surface area contributed by atoms with Crippen molar-refractivity contribution in [3.05, 3.63) is 52.3 Å². The minimum absolute atomic E-state index is 0.127. The molecule has 3 nitrogen and oxygen atoms in total. The van der Waals surface area contributed by atoms with Crippen LogP contribution in [-0.2, 0) is 7.05 Å². The van der Waals surface area contributed by atoms with Gasteiger partial charge in [-0.1, -0.05) is 23.7 Å². The van der Waals surface area contributed by atoms with E-state index < -0.39 is 0 Å². The number of aryl methyl sites for hydroxylation is 1. The molecule has 1 atom stereocenters. The Morgan fingerprint density at radius 3 is 2.71 bits per heavy atom. The molecule has 0 amide bonds. The normalized spacial score (nSPS) is 12.7. The molecular weight excluding hydrogens is 234 g/mol. The first-order chi connectivity index (χ1) is 8.13. The van der Waals surface area contributed by atoms with Crippen LogP contribution in [0.3, 0.4) is 0 Å². The molecule has 2 aromatic rings. The summed E-state index contributed by atoms with van der Waals surface area (Å²) in [5.41, 5.74) is 3.48. The molecule has 0 bridgehead atoms. The average Bonchev–Trinajstić information content (AvgIpc) is 2.63. The lowest BCUT2D eigenvalue weighted by molar-refractivity contribution is 0.679. The molecule has 0 saturated heterocycles. The van der Waals surface area contributed by atoms with E-state index in [2.05, 4.69) is 23.4 Å². The third-order valence-corrected chi connectivity index (χ3v) is 3.29. The van der Waals surface area contributed by atoms with Gasteiger partial charge < -0.3 is 5.32 Å². The molecule has 1 heterocycles. The summed E-state index contributed by atoms with van der Waals surface area (Å²) < 4.78 is 1.88. The Balaban J connectivity index is 2.44. The van der Waals surface area contributed by atoms with Gasteiger partial charge >= 0.3 is 0 Å². The van der Waals surface area contributed by atoms with E-state index in [0.29, 0.717) is 0 Å². The molecule has 0 spiro atoms. The van der Waals surface area contributed by atoms with Gasteiger partial charge in [0.25, 0.3) is 0 Å². The zero-order valence-electron chi connectivity index (χ0n) is 10.2. The largest absolute Gasteiger partial charge is 0.309 e. The van der Waals surface area contributed by atoms with Crippen molar-refractivity contribution >= 4 is 11.6 Å². The molecule has 0 radical (unpaired) electrons. The first-order valence-corrected chi connectivity index (χ1v) is 5.92. The van der Waals surface area contributed by atoms with E-state index in [1.807, 2.05) is 43.2 Å². The highest BCUT2D eigenvalue weighted by Crippen LogP contribution is 2.25. The zero-order valence-corrected chi connectivity index (χ0v) is 11.0. The van der Waals surface area contributed by atoms with Crippen LogP contribution in [0.2, 0.25) is 5.02 Å². The van der Waals surface area contributed by atoms with Crippen LogP contribution in [-0.4, -0.2) is 16.8 Å². The van der Waals surface area contributed by atoms with Crippen LogP contribution >= 0.6 is 11.6 Å². The first kappa shape index (κ1) is 12.1. The van der Waals surface area contributed by atoms with Gasteiger partial charge in [-0.25, -0.2) is 0 Å². The van der Waals surface area contributed by atoms with Crippen LogP contribution in [0.25, 0.3) is 0 Å². The number of benzene rings is 1. The minimum atomic E-state index is 0.127. The van der Waals surface area contributed by atoms with Crippen LogP contribution in [0, 0.1) is 6.92 Å². The summed E-state index contributed by atoms with van der Waals surface area (Å²) in [5, 5.41) is 8.33. The maximum atomic E-state index is 6.03. The number of halogens is 1. The third-order valence-electron chi connectivity index (χ3n) is 3.05. The summed E-state index contributed by atoms with van der Waals surface area (Å²) in [6, 6.07) is 8.03. The Labute approximate surface area is 106 Å². The van der Waals surface area contributed by atoms with Crippen molar-refractivity contribution in [2.24, 2.45) is 7.05 Å². The van der Waals surface area contributed by atoms with E-state index in [9.17, 15) is 0 Å². The van der Waals surface area contributed by atoms with Gasteiger partial charge in [-0.3, -0.25) is 4.68 Å². The number of hydrogen-bond donors (Lipinski definition) is 1. The summed E-state index contributed by atoms with van der Waals surface area (Å²) in [6.45, 7) is 2.07. The predicted molar refractivity (Wildman–Crippen MR) is 70.3 cm³/mol. The Morgan fingerprint density at radius 2 is 2.18 bits per heavy atom. The lowest BCUT2D eigenvalue weighted by Gasteiger charge is -2.16. The van der Waals surface area contributed by atoms with Crippen molar-refractivity contribution in [1.29, 1.82) is 0 Å². The second-order valence-electron chi connectivity index (χ2n) is 4.09. The molecule has 0 aliphatic carbocycles. The van der Waals surface area contributed by atoms with Gasteiger partial charge in [0.15, 0.2) is 0 Å². The SMILES string of the molecule is CNC(c1cccc(Cl)c1)c1cnn(C)c1C. The predicted octanol–water partition coefficient (Wildman–Crippen LogP) is 2.69. The summed E-state index contributed by atoms with van der Waals surface area (Å²) in [5.74, 6) is 0. The molecule has 1 N–H and O–H groups in total. The first-order valence-electron chi connectivity index (χ1n) is 5.54. The molecule has 0 saturated carbocycles. The van der Waals surface area contributed by atoms with Gasteiger partial charge in [0.1, 0.15) is 0 Å². The van der Waals surface area contributed by atoms with Crippen LogP contribution < -0.4 is 5.32 Å². The monoisotopic (exact) mass is 249 g/mol.